The van der Waals surface area contributed by atoms with Crippen LogP contribution in [0.2, 0.25) is 0 Å². The van der Waals surface area contributed by atoms with Crippen molar-refractivity contribution in [3.05, 3.63) is 59.7 Å². The van der Waals surface area contributed by atoms with E-state index in [2.05, 4.69) is 22.3 Å². The van der Waals surface area contributed by atoms with E-state index in [0.717, 1.165) is 24.3 Å². The lowest BCUT2D eigenvalue weighted by atomic mass is 10.1. The van der Waals surface area contributed by atoms with Crippen LogP contribution in [0.25, 0.3) is 0 Å². The maximum absolute atomic E-state index is 13.1. The average Bonchev–Trinajstić information content (AvgIpc) is 2.89. The molecular weight excluding hydrogens is 396 g/mol. The molecule has 8 heteroatoms. The van der Waals surface area contributed by atoms with Crippen molar-refractivity contribution in [3.63, 3.8) is 0 Å². The van der Waals surface area contributed by atoms with Crippen molar-refractivity contribution in [1.82, 2.24) is 9.80 Å². The van der Waals surface area contributed by atoms with Gasteiger partial charge in [0.2, 0.25) is 5.91 Å². The van der Waals surface area contributed by atoms with Gasteiger partial charge in [-0.1, -0.05) is 18.2 Å². The molecule has 2 aromatic carbocycles. The number of nitrogens with one attached hydrogen (secondary N) is 1. The molecule has 1 unspecified atom stereocenters. The number of carboxylic acid groups (broad SMARTS) is 1. The Morgan fingerprint density at radius 2 is 1.77 bits per heavy atom. The normalized spacial score (nSPS) is 18.8. The summed E-state index contributed by atoms with van der Waals surface area (Å²) in [5.41, 5.74) is 3.23. The van der Waals surface area contributed by atoms with Gasteiger partial charge in [0.25, 0.3) is 5.91 Å². The number of para-hydroxylation sites is 1. The molecule has 4 rings (SSSR count). The van der Waals surface area contributed by atoms with Crippen LogP contribution in [-0.4, -0.2) is 72.0 Å². The number of benzene rings is 2. The van der Waals surface area contributed by atoms with Gasteiger partial charge in [0.1, 0.15) is 6.04 Å². The van der Waals surface area contributed by atoms with Gasteiger partial charge in [-0.3, -0.25) is 14.4 Å². The Bertz CT molecular complexity index is 986. The Kier molecular flexibility index (Phi) is 5.79. The number of hydrogen-bond donors (Lipinski definition) is 2. The Morgan fingerprint density at radius 1 is 1.06 bits per heavy atom. The van der Waals surface area contributed by atoms with Crippen LogP contribution < -0.4 is 10.2 Å². The van der Waals surface area contributed by atoms with Gasteiger partial charge in [-0.05, 0) is 35.9 Å². The molecule has 0 aromatic heterocycles. The largest absolute Gasteiger partial charge is 0.481 e. The highest BCUT2D eigenvalue weighted by atomic mass is 16.4. The molecule has 1 fully saturated rings. The summed E-state index contributed by atoms with van der Waals surface area (Å²) in [6.07, 6.45) is -0.297. The fourth-order valence-corrected chi connectivity index (χ4v) is 4.15. The lowest BCUT2D eigenvalue weighted by Gasteiger charge is -2.36. The van der Waals surface area contributed by atoms with E-state index in [-0.39, 0.29) is 18.2 Å². The van der Waals surface area contributed by atoms with Gasteiger partial charge in [-0.2, -0.15) is 0 Å². The molecule has 0 bridgehead atoms. The number of piperazine rings is 1. The molecule has 0 radical (unpaired) electrons. The van der Waals surface area contributed by atoms with Crippen LogP contribution >= 0.6 is 0 Å². The van der Waals surface area contributed by atoms with E-state index in [4.69, 9.17) is 5.11 Å². The number of rotatable bonds is 4. The number of hydrogen-bond acceptors (Lipinski definition) is 5. The van der Waals surface area contributed by atoms with E-state index < -0.39 is 12.0 Å². The molecule has 0 aliphatic carbocycles. The number of aliphatic carboxylic acids is 1. The van der Waals surface area contributed by atoms with Crippen molar-refractivity contribution in [3.8, 4) is 0 Å². The number of likely N-dealkylation sites (N-methyl/N-ethyl adjacent to an activating group) is 1. The Hall–Kier alpha value is -3.55. The number of fused-ring (bicyclic) bond motifs is 1. The summed E-state index contributed by atoms with van der Waals surface area (Å²) in [7, 11) is 1.64. The summed E-state index contributed by atoms with van der Waals surface area (Å²) in [5, 5.41) is 12.1. The van der Waals surface area contributed by atoms with E-state index in [1.165, 1.54) is 4.90 Å². The van der Waals surface area contributed by atoms with Crippen LogP contribution in [0, 0.1) is 0 Å². The van der Waals surface area contributed by atoms with E-state index in [9.17, 15) is 14.4 Å². The first-order valence-electron chi connectivity index (χ1n) is 10.4. The highest BCUT2D eigenvalue weighted by Crippen LogP contribution is 2.26. The van der Waals surface area contributed by atoms with E-state index >= 15 is 0 Å². The second-order valence-electron chi connectivity index (χ2n) is 7.98. The highest BCUT2D eigenvalue weighted by molar-refractivity contribution is 5.96. The van der Waals surface area contributed by atoms with Crippen molar-refractivity contribution >= 4 is 29.2 Å². The first-order chi connectivity index (χ1) is 14.9. The third-order valence-corrected chi connectivity index (χ3v) is 5.83. The van der Waals surface area contributed by atoms with Gasteiger partial charge in [-0.15, -0.1) is 0 Å². The van der Waals surface area contributed by atoms with Crippen LogP contribution in [0.4, 0.5) is 11.4 Å². The average molecular weight is 422 g/mol. The zero-order valence-corrected chi connectivity index (χ0v) is 17.5. The predicted molar refractivity (Wildman–Crippen MR) is 117 cm³/mol. The molecule has 0 saturated carbocycles. The molecular formula is C23H26N4O4. The molecule has 2 amide bonds. The van der Waals surface area contributed by atoms with Crippen molar-refractivity contribution in [2.45, 2.75) is 19.0 Å². The summed E-state index contributed by atoms with van der Waals surface area (Å²) in [6.45, 7) is 3.15. The van der Waals surface area contributed by atoms with Gasteiger partial charge in [0.15, 0.2) is 0 Å². The first-order valence-corrected chi connectivity index (χ1v) is 10.4. The summed E-state index contributed by atoms with van der Waals surface area (Å²) in [4.78, 5) is 42.3. The number of anilines is 2. The first kappa shape index (κ1) is 20.7. The van der Waals surface area contributed by atoms with Crippen molar-refractivity contribution in [2.75, 3.05) is 43.4 Å². The predicted octanol–water partition coefficient (Wildman–Crippen LogP) is 1.88. The molecule has 2 heterocycles. The third-order valence-electron chi connectivity index (χ3n) is 5.83. The minimum Gasteiger partial charge on any atom is -0.481 e. The number of carboxylic acids is 1. The quantitative estimate of drug-likeness (QED) is 0.782. The lowest BCUT2D eigenvalue weighted by molar-refractivity contribution is -0.141. The van der Waals surface area contributed by atoms with Crippen LogP contribution in [0.1, 0.15) is 22.3 Å². The maximum atomic E-state index is 13.1. The molecule has 2 aliphatic heterocycles. The molecule has 0 spiro atoms. The van der Waals surface area contributed by atoms with E-state index in [1.807, 2.05) is 23.1 Å². The number of nitrogens with zero attached hydrogens (tertiary/aromatic N) is 3. The van der Waals surface area contributed by atoms with Gasteiger partial charge in [-0.25, -0.2) is 0 Å². The fourth-order valence-electron chi connectivity index (χ4n) is 4.15. The SMILES string of the molecule is CN1Cc2cc(C(=O)N3CCN(c4ccccc4)CC3)ccc2NC(CC(=O)O)C1=O. The third kappa shape index (κ3) is 4.47. The molecule has 8 nitrogen and oxygen atoms in total. The lowest BCUT2D eigenvalue weighted by Crippen LogP contribution is -2.48. The summed E-state index contributed by atoms with van der Waals surface area (Å²) in [5.74, 6) is -1.34. The van der Waals surface area contributed by atoms with Crippen molar-refractivity contribution < 1.29 is 19.5 Å². The van der Waals surface area contributed by atoms with E-state index in [1.54, 1.807) is 25.2 Å². The molecule has 2 aliphatic rings. The molecule has 1 atom stereocenters. The summed E-state index contributed by atoms with van der Waals surface area (Å²) in [6, 6.07) is 14.7. The van der Waals surface area contributed by atoms with Crippen molar-refractivity contribution in [2.24, 2.45) is 0 Å². The van der Waals surface area contributed by atoms with Gasteiger partial charge in [0.05, 0.1) is 6.42 Å². The smallest absolute Gasteiger partial charge is 0.305 e. The highest BCUT2D eigenvalue weighted by Gasteiger charge is 2.30. The Labute approximate surface area is 181 Å². The Morgan fingerprint density at radius 3 is 2.45 bits per heavy atom. The topological polar surface area (TPSA) is 93.2 Å². The van der Waals surface area contributed by atoms with Crippen LogP contribution in [0.5, 0.6) is 0 Å². The van der Waals surface area contributed by atoms with Crippen LogP contribution in [-0.2, 0) is 16.1 Å². The van der Waals surface area contributed by atoms with Crippen molar-refractivity contribution in [1.29, 1.82) is 0 Å². The Balaban J connectivity index is 1.47. The van der Waals surface area contributed by atoms with Gasteiger partial charge < -0.3 is 25.1 Å². The number of carbonyl (C=O) groups excluding carboxylic acids is 2. The fraction of sp³-hybridized carbons (Fsp3) is 0.348. The maximum Gasteiger partial charge on any atom is 0.305 e. The zero-order valence-electron chi connectivity index (χ0n) is 17.5. The zero-order chi connectivity index (χ0) is 22.0. The van der Waals surface area contributed by atoms with Crippen LogP contribution in [0.15, 0.2) is 48.5 Å². The van der Waals surface area contributed by atoms with Gasteiger partial charge in [0, 0.05) is 56.7 Å². The number of carbonyl (C=O) groups is 3. The second-order valence-corrected chi connectivity index (χ2v) is 7.98. The van der Waals surface area contributed by atoms with Crippen LogP contribution in [0.3, 0.4) is 0 Å². The molecule has 2 N–H and O–H groups in total. The number of amides is 2. The second kappa shape index (κ2) is 8.67. The summed E-state index contributed by atoms with van der Waals surface area (Å²) >= 11 is 0. The summed E-state index contributed by atoms with van der Waals surface area (Å²) < 4.78 is 0. The van der Waals surface area contributed by atoms with Gasteiger partial charge >= 0.3 is 5.97 Å². The minimum absolute atomic E-state index is 0.0316. The minimum atomic E-state index is -1.04. The molecule has 1 saturated heterocycles. The molecule has 31 heavy (non-hydrogen) atoms. The standard InChI is InChI=1S/C23H26N4O4/c1-25-15-17-13-16(7-8-19(17)24-20(23(25)31)14-21(28)29)22(30)27-11-9-26(10-12-27)18-5-3-2-4-6-18/h2-8,13,20,24H,9-12,14-15H2,1H3,(H,28,29). The molecule has 162 valence electrons. The molecule has 2 aromatic rings. The van der Waals surface area contributed by atoms with E-state index in [0.29, 0.717) is 30.9 Å². The monoisotopic (exact) mass is 422 g/mol.